The van der Waals surface area contributed by atoms with E-state index in [1.54, 1.807) is 7.11 Å². The van der Waals surface area contributed by atoms with Gasteiger partial charge in [-0.1, -0.05) is 26.0 Å². The number of benzene rings is 2. The van der Waals surface area contributed by atoms with Crippen molar-refractivity contribution in [2.45, 2.75) is 26.9 Å². The molecule has 0 spiro atoms. The highest BCUT2D eigenvalue weighted by molar-refractivity contribution is 5.73. The van der Waals surface area contributed by atoms with E-state index in [0.717, 1.165) is 35.0 Å². The normalized spacial score (nSPS) is 11.2. The van der Waals surface area contributed by atoms with Crippen molar-refractivity contribution in [2.75, 3.05) is 19.5 Å². The second kappa shape index (κ2) is 7.47. The molecule has 0 radical (unpaired) electrons. The third kappa shape index (κ3) is 3.71. The van der Waals surface area contributed by atoms with E-state index in [-0.39, 0.29) is 0 Å². The zero-order chi connectivity index (χ0) is 17.8. The van der Waals surface area contributed by atoms with Crippen LogP contribution >= 0.6 is 0 Å². The maximum atomic E-state index is 6.44. The first kappa shape index (κ1) is 17.1. The Morgan fingerprint density at radius 3 is 2.40 bits per heavy atom. The van der Waals surface area contributed by atoms with E-state index in [1.807, 2.05) is 30.3 Å². The number of para-hydroxylation sites is 2. The predicted molar refractivity (Wildman–Crippen MR) is 99.9 cm³/mol. The number of anilines is 1. The molecular formula is C20H26N3O2+. The Hall–Kier alpha value is -2.69. The predicted octanol–water partition coefficient (Wildman–Crippen LogP) is 3.25. The van der Waals surface area contributed by atoms with Crippen LogP contribution in [0.15, 0.2) is 48.5 Å². The Labute approximate surface area is 148 Å². The summed E-state index contributed by atoms with van der Waals surface area (Å²) in [6, 6.07) is 15.9. The molecule has 0 bridgehead atoms. The summed E-state index contributed by atoms with van der Waals surface area (Å²) in [5.41, 5.74) is 8.74. The molecule has 3 rings (SSSR count). The number of rotatable bonds is 7. The second-order valence-electron chi connectivity index (χ2n) is 6.53. The number of hydrogen-bond acceptors (Lipinski definition) is 3. The van der Waals surface area contributed by atoms with E-state index >= 15 is 0 Å². The molecule has 0 aliphatic heterocycles. The van der Waals surface area contributed by atoms with Crippen LogP contribution in [0.5, 0.6) is 11.5 Å². The molecule has 3 aromatic rings. The van der Waals surface area contributed by atoms with Crippen molar-refractivity contribution >= 4 is 17.0 Å². The van der Waals surface area contributed by atoms with Crippen molar-refractivity contribution in [3.8, 4) is 11.5 Å². The number of nitrogen functional groups attached to an aromatic ring is 1. The van der Waals surface area contributed by atoms with Gasteiger partial charge in [-0.2, -0.15) is 0 Å². The van der Waals surface area contributed by atoms with Crippen LogP contribution in [0.2, 0.25) is 0 Å². The third-order valence-corrected chi connectivity index (χ3v) is 4.21. The number of ether oxygens (including phenoxy) is 2. The summed E-state index contributed by atoms with van der Waals surface area (Å²) in [5, 5.41) is 0. The van der Waals surface area contributed by atoms with Gasteiger partial charge in [0.2, 0.25) is 0 Å². The van der Waals surface area contributed by atoms with Crippen LogP contribution in [0.25, 0.3) is 11.0 Å². The van der Waals surface area contributed by atoms with Crippen molar-refractivity contribution in [2.24, 2.45) is 5.92 Å². The SMILES string of the molecule is COc1ccc(OCCn2c(N)[n+](CC(C)C)c3ccccc32)cc1. The largest absolute Gasteiger partial charge is 0.497 e. The van der Waals surface area contributed by atoms with Crippen molar-refractivity contribution in [1.82, 2.24) is 4.57 Å². The summed E-state index contributed by atoms with van der Waals surface area (Å²) in [7, 11) is 1.65. The highest BCUT2D eigenvalue weighted by Crippen LogP contribution is 2.19. The molecule has 5 nitrogen and oxygen atoms in total. The first-order valence-electron chi connectivity index (χ1n) is 8.63. The summed E-state index contributed by atoms with van der Waals surface area (Å²) in [5.74, 6) is 2.95. The molecule has 0 unspecified atom stereocenters. The molecule has 25 heavy (non-hydrogen) atoms. The van der Waals surface area contributed by atoms with Crippen molar-refractivity contribution in [3.63, 3.8) is 0 Å². The average Bonchev–Trinajstić information content (AvgIpc) is 2.88. The number of fused-ring (bicyclic) bond motifs is 1. The van der Waals surface area contributed by atoms with Crippen LogP contribution in [0.1, 0.15) is 13.8 Å². The maximum absolute atomic E-state index is 6.44. The molecule has 132 valence electrons. The van der Waals surface area contributed by atoms with Crippen LogP contribution in [0.4, 0.5) is 5.95 Å². The molecule has 2 N–H and O–H groups in total. The number of nitrogens with two attached hydrogens (primary N) is 1. The van der Waals surface area contributed by atoms with E-state index in [4.69, 9.17) is 15.2 Å². The smallest absolute Gasteiger partial charge is 0.356 e. The van der Waals surface area contributed by atoms with Crippen LogP contribution in [0, 0.1) is 5.92 Å². The Kier molecular flexibility index (Phi) is 5.12. The lowest BCUT2D eigenvalue weighted by Gasteiger charge is -2.07. The van der Waals surface area contributed by atoms with E-state index in [0.29, 0.717) is 19.1 Å². The standard InChI is InChI=1S/C20H25N3O2/c1-15(2)14-23-19-7-5-4-6-18(19)22(20(23)21)12-13-25-17-10-8-16(24-3)9-11-17/h4-11,15,21H,12-14H2,1-3H3/p+1. The lowest BCUT2D eigenvalue weighted by molar-refractivity contribution is -0.663. The summed E-state index contributed by atoms with van der Waals surface area (Å²) >= 11 is 0. The van der Waals surface area contributed by atoms with Gasteiger partial charge in [0.05, 0.1) is 13.7 Å². The highest BCUT2D eigenvalue weighted by atomic mass is 16.5. The molecule has 2 aromatic carbocycles. The molecular weight excluding hydrogens is 314 g/mol. The van der Waals surface area contributed by atoms with Gasteiger partial charge in [-0.3, -0.25) is 5.73 Å². The van der Waals surface area contributed by atoms with E-state index in [1.165, 1.54) is 0 Å². The zero-order valence-corrected chi connectivity index (χ0v) is 15.1. The van der Waals surface area contributed by atoms with Crippen LogP contribution in [-0.2, 0) is 13.1 Å². The van der Waals surface area contributed by atoms with Crippen LogP contribution in [0.3, 0.4) is 0 Å². The van der Waals surface area contributed by atoms with Gasteiger partial charge >= 0.3 is 5.95 Å². The number of aromatic nitrogens is 2. The molecule has 1 heterocycles. The lowest BCUT2D eigenvalue weighted by Crippen LogP contribution is -2.39. The van der Waals surface area contributed by atoms with Gasteiger partial charge < -0.3 is 9.47 Å². The molecule has 0 amide bonds. The molecule has 0 fully saturated rings. The maximum Gasteiger partial charge on any atom is 0.356 e. The van der Waals surface area contributed by atoms with Crippen LogP contribution in [-0.4, -0.2) is 18.3 Å². The fourth-order valence-electron chi connectivity index (χ4n) is 3.03. The van der Waals surface area contributed by atoms with Gasteiger partial charge in [0.25, 0.3) is 0 Å². The number of methoxy groups -OCH3 is 1. The molecule has 0 atom stereocenters. The molecule has 1 aromatic heterocycles. The van der Waals surface area contributed by atoms with Crippen molar-refractivity contribution < 1.29 is 14.0 Å². The minimum atomic E-state index is 0.530. The Morgan fingerprint density at radius 1 is 1.04 bits per heavy atom. The van der Waals surface area contributed by atoms with Gasteiger partial charge in [-0.05, 0) is 42.3 Å². The van der Waals surface area contributed by atoms with E-state index in [9.17, 15) is 0 Å². The van der Waals surface area contributed by atoms with Crippen molar-refractivity contribution in [1.29, 1.82) is 0 Å². The van der Waals surface area contributed by atoms with Gasteiger partial charge in [-0.25, -0.2) is 9.13 Å². The molecule has 0 aliphatic rings. The minimum absolute atomic E-state index is 0.530. The Morgan fingerprint density at radius 2 is 1.72 bits per heavy atom. The van der Waals surface area contributed by atoms with Gasteiger partial charge in [0.15, 0.2) is 0 Å². The minimum Gasteiger partial charge on any atom is -0.497 e. The van der Waals surface area contributed by atoms with Crippen molar-refractivity contribution in [3.05, 3.63) is 48.5 Å². The third-order valence-electron chi connectivity index (χ3n) is 4.21. The highest BCUT2D eigenvalue weighted by Gasteiger charge is 2.21. The zero-order valence-electron chi connectivity index (χ0n) is 15.1. The Balaban J connectivity index is 1.77. The topological polar surface area (TPSA) is 53.3 Å². The molecule has 0 saturated carbocycles. The quantitative estimate of drug-likeness (QED) is 0.672. The van der Waals surface area contributed by atoms with E-state index < -0.39 is 0 Å². The number of imidazole rings is 1. The Bertz CT molecular complexity index is 838. The summed E-state index contributed by atoms with van der Waals surface area (Å²) < 4.78 is 15.3. The first-order chi connectivity index (χ1) is 12.1. The number of hydrogen-bond donors (Lipinski definition) is 1. The van der Waals surface area contributed by atoms with Gasteiger partial charge in [0.1, 0.15) is 35.7 Å². The summed E-state index contributed by atoms with van der Waals surface area (Å²) in [4.78, 5) is 0. The molecule has 5 heteroatoms. The second-order valence-corrected chi connectivity index (χ2v) is 6.53. The van der Waals surface area contributed by atoms with Gasteiger partial charge in [0, 0.05) is 0 Å². The number of nitrogens with zero attached hydrogens (tertiary/aromatic N) is 2. The summed E-state index contributed by atoms with van der Waals surface area (Å²) in [6.07, 6.45) is 0. The fraction of sp³-hybridized carbons (Fsp3) is 0.350. The van der Waals surface area contributed by atoms with Gasteiger partial charge in [-0.15, -0.1) is 0 Å². The summed E-state index contributed by atoms with van der Waals surface area (Å²) in [6.45, 7) is 6.55. The monoisotopic (exact) mass is 340 g/mol. The van der Waals surface area contributed by atoms with E-state index in [2.05, 4.69) is 41.2 Å². The van der Waals surface area contributed by atoms with Crippen LogP contribution < -0.4 is 19.8 Å². The fourth-order valence-corrected chi connectivity index (χ4v) is 3.03. The first-order valence-corrected chi connectivity index (χ1v) is 8.63. The average molecular weight is 340 g/mol. The molecule has 0 saturated heterocycles. The molecule has 0 aliphatic carbocycles. The lowest BCUT2D eigenvalue weighted by atomic mass is 10.2.